The summed E-state index contributed by atoms with van der Waals surface area (Å²) in [5.74, 6) is -0.171. The lowest BCUT2D eigenvalue weighted by Gasteiger charge is -2.16. The van der Waals surface area contributed by atoms with Gasteiger partial charge in [0.15, 0.2) is 0 Å². The number of aryl methyl sites for hydroxylation is 2. The molecule has 0 unspecified atom stereocenters. The zero-order valence-corrected chi connectivity index (χ0v) is 10.9. The Kier molecular flexibility index (Phi) is 3.79. The average molecular weight is 249 g/mol. The number of rotatable bonds is 3. The van der Waals surface area contributed by atoms with Gasteiger partial charge in [-0.15, -0.1) is 0 Å². The van der Waals surface area contributed by atoms with Crippen molar-refractivity contribution in [1.29, 1.82) is 0 Å². The summed E-state index contributed by atoms with van der Waals surface area (Å²) in [6, 6.07) is 1.70. The molecule has 0 saturated heterocycles. The molecule has 0 saturated carbocycles. The Morgan fingerprint density at radius 3 is 2.89 bits per heavy atom. The molecular formula is C13H19N3O2. The van der Waals surface area contributed by atoms with E-state index in [0.29, 0.717) is 0 Å². The Bertz CT molecular complexity index is 505. The van der Waals surface area contributed by atoms with Gasteiger partial charge in [-0.3, -0.25) is 9.59 Å². The SMILES string of the molecule is CC(C)NC(=O)Cn1nc2c(cc1=O)CCCC2. The van der Waals surface area contributed by atoms with E-state index in [0.717, 1.165) is 36.9 Å². The van der Waals surface area contributed by atoms with Crippen molar-refractivity contribution < 1.29 is 4.79 Å². The molecule has 1 amide bonds. The van der Waals surface area contributed by atoms with Gasteiger partial charge in [0.2, 0.25) is 5.91 Å². The van der Waals surface area contributed by atoms with Crippen LogP contribution in [-0.4, -0.2) is 21.7 Å². The Morgan fingerprint density at radius 1 is 1.44 bits per heavy atom. The largest absolute Gasteiger partial charge is 0.352 e. The monoisotopic (exact) mass is 249 g/mol. The van der Waals surface area contributed by atoms with Crippen LogP contribution in [0.1, 0.15) is 37.9 Å². The molecule has 1 aromatic heterocycles. The first-order chi connectivity index (χ1) is 8.56. The summed E-state index contributed by atoms with van der Waals surface area (Å²) in [5.41, 5.74) is 1.83. The maximum Gasteiger partial charge on any atom is 0.267 e. The van der Waals surface area contributed by atoms with E-state index < -0.39 is 0 Å². The predicted octanol–water partition coefficient (Wildman–Crippen LogP) is 0.647. The van der Waals surface area contributed by atoms with Crippen molar-refractivity contribution in [3.63, 3.8) is 0 Å². The van der Waals surface area contributed by atoms with Gasteiger partial charge in [0.05, 0.1) is 5.69 Å². The lowest BCUT2D eigenvalue weighted by atomic mass is 9.97. The van der Waals surface area contributed by atoms with E-state index in [1.807, 2.05) is 13.8 Å². The van der Waals surface area contributed by atoms with Gasteiger partial charge in [-0.05, 0) is 45.1 Å². The lowest BCUT2D eigenvalue weighted by Crippen LogP contribution is -2.37. The second-order valence-corrected chi connectivity index (χ2v) is 5.04. The molecule has 1 aromatic rings. The number of hydrogen-bond donors (Lipinski definition) is 1. The average Bonchev–Trinajstić information content (AvgIpc) is 2.29. The third kappa shape index (κ3) is 2.97. The molecule has 0 fully saturated rings. The van der Waals surface area contributed by atoms with Crippen LogP contribution in [-0.2, 0) is 24.2 Å². The number of carbonyl (C=O) groups excluding carboxylic acids is 1. The quantitative estimate of drug-likeness (QED) is 0.855. The maximum atomic E-state index is 11.8. The van der Waals surface area contributed by atoms with Gasteiger partial charge in [-0.25, -0.2) is 4.68 Å². The number of carbonyl (C=O) groups is 1. The van der Waals surface area contributed by atoms with Crippen molar-refractivity contribution in [3.8, 4) is 0 Å². The van der Waals surface area contributed by atoms with Crippen molar-refractivity contribution in [2.24, 2.45) is 0 Å². The standard InChI is InChI=1S/C13H19N3O2/c1-9(2)14-12(17)8-16-13(18)7-10-5-3-4-6-11(10)15-16/h7,9H,3-6,8H2,1-2H3,(H,14,17). The second-order valence-electron chi connectivity index (χ2n) is 5.04. The van der Waals surface area contributed by atoms with Crippen molar-refractivity contribution >= 4 is 5.91 Å². The van der Waals surface area contributed by atoms with Crippen LogP contribution >= 0.6 is 0 Å². The predicted molar refractivity (Wildman–Crippen MR) is 68.4 cm³/mol. The zero-order chi connectivity index (χ0) is 13.1. The fourth-order valence-electron chi connectivity index (χ4n) is 2.22. The van der Waals surface area contributed by atoms with Crippen molar-refractivity contribution in [2.45, 2.75) is 52.1 Å². The van der Waals surface area contributed by atoms with Gasteiger partial charge in [0.1, 0.15) is 6.54 Å². The summed E-state index contributed by atoms with van der Waals surface area (Å²) in [6.45, 7) is 3.78. The molecule has 5 nitrogen and oxygen atoms in total. The van der Waals surface area contributed by atoms with Crippen LogP contribution in [0.15, 0.2) is 10.9 Å². The summed E-state index contributed by atoms with van der Waals surface area (Å²) in [6.07, 6.45) is 4.06. The number of fused-ring (bicyclic) bond motifs is 1. The van der Waals surface area contributed by atoms with Crippen LogP contribution in [0.5, 0.6) is 0 Å². The molecule has 5 heteroatoms. The van der Waals surface area contributed by atoms with E-state index in [9.17, 15) is 9.59 Å². The summed E-state index contributed by atoms with van der Waals surface area (Å²) in [7, 11) is 0. The molecule has 0 aromatic carbocycles. The zero-order valence-electron chi connectivity index (χ0n) is 10.9. The molecule has 0 radical (unpaired) electrons. The summed E-state index contributed by atoms with van der Waals surface area (Å²) < 4.78 is 1.27. The second kappa shape index (κ2) is 5.33. The maximum absolute atomic E-state index is 11.8. The molecule has 1 N–H and O–H groups in total. The Morgan fingerprint density at radius 2 is 2.17 bits per heavy atom. The highest BCUT2D eigenvalue weighted by Crippen LogP contribution is 2.16. The van der Waals surface area contributed by atoms with Crippen LogP contribution in [0.2, 0.25) is 0 Å². The topological polar surface area (TPSA) is 64.0 Å². The van der Waals surface area contributed by atoms with Gasteiger partial charge in [0, 0.05) is 12.1 Å². The minimum Gasteiger partial charge on any atom is -0.352 e. The fraction of sp³-hybridized carbons (Fsp3) is 0.615. The van der Waals surface area contributed by atoms with Crippen LogP contribution in [0.3, 0.4) is 0 Å². The molecule has 2 rings (SSSR count). The summed E-state index contributed by atoms with van der Waals surface area (Å²) in [5, 5.41) is 7.06. The molecule has 98 valence electrons. The van der Waals surface area contributed by atoms with Crippen LogP contribution in [0.4, 0.5) is 0 Å². The normalized spacial score (nSPS) is 14.4. The van der Waals surface area contributed by atoms with Crippen molar-refractivity contribution in [2.75, 3.05) is 0 Å². The summed E-state index contributed by atoms with van der Waals surface area (Å²) in [4.78, 5) is 23.5. The van der Waals surface area contributed by atoms with Gasteiger partial charge in [0.25, 0.3) is 5.56 Å². The molecular weight excluding hydrogens is 230 g/mol. The highest BCUT2D eigenvalue weighted by atomic mass is 16.2. The molecule has 0 aliphatic heterocycles. The first kappa shape index (κ1) is 12.8. The molecule has 1 aliphatic carbocycles. The number of hydrogen-bond acceptors (Lipinski definition) is 3. The smallest absolute Gasteiger partial charge is 0.267 e. The fourth-order valence-corrected chi connectivity index (χ4v) is 2.22. The van der Waals surface area contributed by atoms with Crippen LogP contribution in [0, 0.1) is 0 Å². The molecule has 0 spiro atoms. The van der Waals surface area contributed by atoms with Crippen LogP contribution < -0.4 is 10.9 Å². The molecule has 0 atom stereocenters. The first-order valence-corrected chi connectivity index (χ1v) is 6.45. The van der Waals surface area contributed by atoms with Gasteiger partial charge < -0.3 is 5.32 Å². The number of nitrogens with one attached hydrogen (secondary N) is 1. The third-order valence-corrected chi connectivity index (χ3v) is 3.02. The molecule has 1 heterocycles. The van der Waals surface area contributed by atoms with E-state index in [2.05, 4.69) is 10.4 Å². The third-order valence-electron chi connectivity index (χ3n) is 3.02. The Hall–Kier alpha value is -1.65. The van der Waals surface area contributed by atoms with Gasteiger partial charge in [-0.1, -0.05) is 0 Å². The van der Waals surface area contributed by atoms with E-state index in [-0.39, 0.29) is 24.1 Å². The van der Waals surface area contributed by atoms with Crippen LogP contribution in [0.25, 0.3) is 0 Å². The highest BCUT2D eigenvalue weighted by molar-refractivity contribution is 5.75. The Balaban J connectivity index is 2.18. The molecule has 18 heavy (non-hydrogen) atoms. The minimum absolute atomic E-state index is 0.00426. The minimum atomic E-state index is -0.186. The van der Waals surface area contributed by atoms with Gasteiger partial charge in [-0.2, -0.15) is 5.10 Å². The first-order valence-electron chi connectivity index (χ1n) is 6.45. The highest BCUT2D eigenvalue weighted by Gasteiger charge is 2.14. The van der Waals surface area contributed by atoms with Crippen molar-refractivity contribution in [3.05, 3.63) is 27.7 Å². The Labute approximate surface area is 106 Å². The van der Waals surface area contributed by atoms with Crippen molar-refractivity contribution in [1.82, 2.24) is 15.1 Å². The molecule has 0 bridgehead atoms. The number of nitrogens with zero attached hydrogens (tertiary/aromatic N) is 2. The van der Waals surface area contributed by atoms with Gasteiger partial charge >= 0.3 is 0 Å². The van der Waals surface area contributed by atoms with E-state index >= 15 is 0 Å². The van der Waals surface area contributed by atoms with E-state index in [4.69, 9.17) is 0 Å². The number of aromatic nitrogens is 2. The summed E-state index contributed by atoms with van der Waals surface area (Å²) >= 11 is 0. The van der Waals surface area contributed by atoms with E-state index in [1.165, 1.54) is 4.68 Å². The van der Waals surface area contributed by atoms with E-state index in [1.54, 1.807) is 6.07 Å². The lowest BCUT2D eigenvalue weighted by molar-refractivity contribution is -0.122. The number of amides is 1. The molecule has 1 aliphatic rings.